The SMILES string of the molecule is COc1ccc(C2CC(N(C)C)CC(c3ccccc3)S2)cc1. The molecule has 2 nitrogen and oxygen atoms in total. The van der Waals surface area contributed by atoms with Gasteiger partial charge in [-0.15, -0.1) is 11.8 Å². The molecule has 0 saturated carbocycles. The van der Waals surface area contributed by atoms with Gasteiger partial charge in [-0.1, -0.05) is 42.5 Å². The van der Waals surface area contributed by atoms with Crippen LogP contribution in [0, 0.1) is 0 Å². The highest BCUT2D eigenvalue weighted by molar-refractivity contribution is 7.99. The third-order valence-corrected chi connectivity index (χ3v) is 6.28. The molecule has 23 heavy (non-hydrogen) atoms. The first-order chi connectivity index (χ1) is 11.2. The lowest BCUT2D eigenvalue weighted by Crippen LogP contribution is -2.33. The molecule has 0 bridgehead atoms. The van der Waals surface area contributed by atoms with Crippen molar-refractivity contribution in [2.24, 2.45) is 0 Å². The van der Waals surface area contributed by atoms with Crippen LogP contribution in [0.3, 0.4) is 0 Å². The zero-order chi connectivity index (χ0) is 16.2. The maximum Gasteiger partial charge on any atom is 0.118 e. The van der Waals surface area contributed by atoms with Crippen molar-refractivity contribution >= 4 is 11.8 Å². The summed E-state index contributed by atoms with van der Waals surface area (Å²) in [6.45, 7) is 0. The summed E-state index contributed by atoms with van der Waals surface area (Å²) in [5, 5.41) is 1.09. The highest BCUT2D eigenvalue weighted by Crippen LogP contribution is 2.50. The third-order valence-electron chi connectivity index (χ3n) is 4.69. The smallest absolute Gasteiger partial charge is 0.118 e. The van der Waals surface area contributed by atoms with Crippen LogP contribution >= 0.6 is 11.8 Å². The molecular weight excluding hydrogens is 302 g/mol. The van der Waals surface area contributed by atoms with Crippen molar-refractivity contribution in [2.75, 3.05) is 21.2 Å². The molecule has 0 aliphatic carbocycles. The fourth-order valence-electron chi connectivity index (χ4n) is 3.24. The third kappa shape index (κ3) is 3.91. The maximum absolute atomic E-state index is 5.29. The number of benzene rings is 2. The summed E-state index contributed by atoms with van der Waals surface area (Å²) in [7, 11) is 6.12. The van der Waals surface area contributed by atoms with E-state index in [1.807, 2.05) is 0 Å². The van der Waals surface area contributed by atoms with Gasteiger partial charge < -0.3 is 9.64 Å². The zero-order valence-electron chi connectivity index (χ0n) is 14.1. The van der Waals surface area contributed by atoms with Crippen molar-refractivity contribution < 1.29 is 4.74 Å². The largest absolute Gasteiger partial charge is 0.497 e. The predicted molar refractivity (Wildman–Crippen MR) is 99.2 cm³/mol. The second kappa shape index (κ2) is 7.41. The number of nitrogens with zero attached hydrogens (tertiary/aromatic N) is 1. The number of methoxy groups -OCH3 is 1. The van der Waals surface area contributed by atoms with E-state index >= 15 is 0 Å². The summed E-state index contributed by atoms with van der Waals surface area (Å²) in [6.07, 6.45) is 2.42. The van der Waals surface area contributed by atoms with Crippen molar-refractivity contribution in [1.29, 1.82) is 0 Å². The Morgan fingerprint density at radius 2 is 1.43 bits per heavy atom. The van der Waals surface area contributed by atoms with E-state index in [-0.39, 0.29) is 0 Å². The molecule has 0 amide bonds. The van der Waals surface area contributed by atoms with Crippen LogP contribution in [0.5, 0.6) is 5.75 Å². The molecule has 0 spiro atoms. The van der Waals surface area contributed by atoms with Gasteiger partial charge >= 0.3 is 0 Å². The quantitative estimate of drug-likeness (QED) is 0.789. The first-order valence-electron chi connectivity index (χ1n) is 8.18. The van der Waals surface area contributed by atoms with Crippen molar-refractivity contribution in [3.05, 3.63) is 65.7 Å². The molecule has 3 unspecified atom stereocenters. The van der Waals surface area contributed by atoms with Crippen LogP contribution in [0.15, 0.2) is 54.6 Å². The van der Waals surface area contributed by atoms with Crippen LogP contribution in [-0.2, 0) is 0 Å². The summed E-state index contributed by atoms with van der Waals surface area (Å²) >= 11 is 2.10. The minimum atomic E-state index is 0.535. The van der Waals surface area contributed by atoms with Crippen molar-refractivity contribution in [3.63, 3.8) is 0 Å². The average molecular weight is 327 g/mol. The normalized spacial score (nSPS) is 24.6. The summed E-state index contributed by atoms with van der Waals surface area (Å²) in [5.41, 5.74) is 2.85. The maximum atomic E-state index is 5.29. The number of ether oxygens (including phenoxy) is 1. The molecule has 2 aromatic rings. The minimum Gasteiger partial charge on any atom is -0.497 e. The molecule has 0 aromatic heterocycles. The van der Waals surface area contributed by atoms with Gasteiger partial charge in [0, 0.05) is 16.5 Å². The van der Waals surface area contributed by atoms with E-state index in [1.165, 1.54) is 24.0 Å². The van der Waals surface area contributed by atoms with Gasteiger partial charge in [0.15, 0.2) is 0 Å². The Morgan fingerprint density at radius 3 is 1.96 bits per heavy atom. The first-order valence-corrected chi connectivity index (χ1v) is 9.12. The van der Waals surface area contributed by atoms with Gasteiger partial charge in [0.2, 0.25) is 0 Å². The van der Waals surface area contributed by atoms with Crippen molar-refractivity contribution in [1.82, 2.24) is 4.90 Å². The first kappa shape index (κ1) is 16.4. The molecule has 1 aliphatic rings. The lowest BCUT2D eigenvalue weighted by Gasteiger charge is -2.38. The van der Waals surface area contributed by atoms with Crippen molar-refractivity contribution in [2.45, 2.75) is 29.4 Å². The topological polar surface area (TPSA) is 12.5 Å². The molecule has 3 heteroatoms. The van der Waals surface area contributed by atoms with Gasteiger partial charge in [0.1, 0.15) is 5.75 Å². The van der Waals surface area contributed by atoms with E-state index in [2.05, 4.69) is 85.4 Å². The molecule has 0 N–H and O–H groups in total. The molecule has 3 atom stereocenters. The highest BCUT2D eigenvalue weighted by atomic mass is 32.2. The minimum absolute atomic E-state index is 0.535. The van der Waals surface area contributed by atoms with Crippen LogP contribution in [0.2, 0.25) is 0 Å². The second-order valence-corrected chi connectivity index (χ2v) is 7.80. The Labute approximate surface area is 143 Å². The fourth-order valence-corrected chi connectivity index (χ4v) is 4.93. The van der Waals surface area contributed by atoms with Crippen molar-refractivity contribution in [3.8, 4) is 5.75 Å². The molecular formula is C20H25NOS. The van der Waals surface area contributed by atoms with Gasteiger partial charge in [-0.3, -0.25) is 0 Å². The van der Waals surface area contributed by atoms with Gasteiger partial charge in [-0.2, -0.15) is 0 Å². The summed E-state index contributed by atoms with van der Waals surface area (Å²) in [4.78, 5) is 2.38. The van der Waals surface area contributed by atoms with Crippen LogP contribution in [0.1, 0.15) is 34.5 Å². The Morgan fingerprint density at radius 1 is 0.870 bits per heavy atom. The highest BCUT2D eigenvalue weighted by Gasteiger charge is 2.32. The average Bonchev–Trinajstić information content (AvgIpc) is 2.62. The van der Waals surface area contributed by atoms with E-state index in [0.717, 1.165) is 5.75 Å². The predicted octanol–water partition coefficient (Wildman–Crippen LogP) is 4.93. The Balaban J connectivity index is 1.84. The van der Waals surface area contributed by atoms with E-state index in [4.69, 9.17) is 4.74 Å². The molecule has 1 heterocycles. The van der Waals surface area contributed by atoms with Gasteiger partial charge in [-0.25, -0.2) is 0 Å². The molecule has 1 aliphatic heterocycles. The molecule has 3 rings (SSSR count). The zero-order valence-corrected chi connectivity index (χ0v) is 14.9. The lowest BCUT2D eigenvalue weighted by molar-refractivity contribution is 0.254. The summed E-state index contributed by atoms with van der Waals surface area (Å²) in [5.74, 6) is 0.929. The number of rotatable bonds is 4. The fraction of sp³-hybridized carbons (Fsp3) is 0.400. The van der Waals surface area contributed by atoms with Gasteiger partial charge in [0.05, 0.1) is 7.11 Å². The molecule has 1 fully saturated rings. The van der Waals surface area contributed by atoms with Crippen LogP contribution < -0.4 is 4.74 Å². The number of hydrogen-bond donors (Lipinski definition) is 0. The molecule has 1 saturated heterocycles. The Kier molecular flexibility index (Phi) is 5.29. The van der Waals surface area contributed by atoms with Crippen LogP contribution in [0.4, 0.5) is 0 Å². The van der Waals surface area contributed by atoms with E-state index < -0.39 is 0 Å². The second-order valence-electron chi connectivity index (χ2n) is 6.39. The van der Waals surface area contributed by atoms with Gasteiger partial charge in [0.25, 0.3) is 0 Å². The molecule has 122 valence electrons. The number of thioether (sulfide) groups is 1. The lowest BCUT2D eigenvalue weighted by atomic mass is 9.96. The van der Waals surface area contributed by atoms with Crippen LogP contribution in [0.25, 0.3) is 0 Å². The van der Waals surface area contributed by atoms with Crippen LogP contribution in [-0.4, -0.2) is 32.1 Å². The molecule has 0 radical (unpaired) electrons. The monoisotopic (exact) mass is 327 g/mol. The van der Waals surface area contributed by atoms with E-state index in [1.54, 1.807) is 7.11 Å². The molecule has 2 aromatic carbocycles. The van der Waals surface area contributed by atoms with Gasteiger partial charge in [-0.05, 0) is 50.2 Å². The number of hydrogen-bond acceptors (Lipinski definition) is 3. The standard InChI is InChI=1S/C20H25NOS/c1-21(2)17-13-19(15-7-5-4-6-8-15)23-20(14-17)16-9-11-18(22-3)12-10-16/h4-12,17,19-20H,13-14H2,1-3H3. The summed E-state index contributed by atoms with van der Waals surface area (Å²) in [6, 6.07) is 20.1. The Bertz CT molecular complexity index is 611. The van der Waals surface area contributed by atoms with E-state index in [0.29, 0.717) is 16.5 Å². The summed E-state index contributed by atoms with van der Waals surface area (Å²) < 4.78 is 5.29. The van der Waals surface area contributed by atoms with E-state index in [9.17, 15) is 0 Å². The Hall–Kier alpha value is -1.45.